The Labute approximate surface area is 116 Å². The number of nitrogens with zero attached hydrogens (tertiary/aromatic N) is 1. The summed E-state index contributed by atoms with van der Waals surface area (Å²) >= 11 is 0. The van der Waals surface area contributed by atoms with Gasteiger partial charge in [0.1, 0.15) is 11.8 Å². The molecular weight excluding hydrogens is 260 g/mol. The number of methoxy groups -OCH3 is 1. The summed E-state index contributed by atoms with van der Waals surface area (Å²) < 4.78 is 5.01. The predicted molar refractivity (Wildman–Crippen MR) is 72.1 cm³/mol. The third kappa shape index (κ3) is 2.69. The molecule has 1 unspecified atom stereocenters. The Bertz CT molecular complexity index is 559. The van der Waals surface area contributed by atoms with Gasteiger partial charge in [-0.3, -0.25) is 19.3 Å². The Morgan fingerprint density at radius 3 is 2.20 bits per heavy atom. The molecule has 20 heavy (non-hydrogen) atoms. The minimum absolute atomic E-state index is 0.430. The first kappa shape index (κ1) is 13.8. The Morgan fingerprint density at radius 1 is 1.15 bits per heavy atom. The number of nitrogens with one attached hydrogen (secondary N) is 1. The highest BCUT2D eigenvalue weighted by atomic mass is 16.5. The first-order chi connectivity index (χ1) is 9.52. The molecule has 0 spiro atoms. The van der Waals surface area contributed by atoms with Crippen LogP contribution in [0.15, 0.2) is 36.4 Å². The van der Waals surface area contributed by atoms with Crippen molar-refractivity contribution in [3.05, 3.63) is 36.4 Å². The number of amides is 3. The molecule has 0 bridgehead atoms. The van der Waals surface area contributed by atoms with Crippen LogP contribution < -0.4 is 10.1 Å². The molecule has 0 radical (unpaired) electrons. The summed E-state index contributed by atoms with van der Waals surface area (Å²) in [5.41, 5.74) is 0.565. The Morgan fingerprint density at radius 2 is 1.70 bits per heavy atom. The molecule has 1 aliphatic rings. The van der Waals surface area contributed by atoms with Crippen molar-refractivity contribution >= 4 is 23.4 Å². The van der Waals surface area contributed by atoms with Crippen LogP contribution in [-0.4, -0.2) is 35.8 Å². The van der Waals surface area contributed by atoms with Crippen molar-refractivity contribution in [1.29, 1.82) is 0 Å². The quantitative estimate of drug-likeness (QED) is 0.829. The minimum atomic E-state index is -0.868. The molecule has 0 aromatic heterocycles. The molecule has 3 amide bonds. The number of ether oxygens (including phenoxy) is 1. The van der Waals surface area contributed by atoms with Crippen LogP contribution >= 0.6 is 0 Å². The van der Waals surface area contributed by atoms with E-state index in [1.807, 2.05) is 0 Å². The lowest BCUT2D eigenvalue weighted by Crippen LogP contribution is -2.45. The number of imide groups is 1. The number of carbonyl (C=O) groups is 3. The van der Waals surface area contributed by atoms with E-state index in [1.165, 1.54) is 6.92 Å². The summed E-state index contributed by atoms with van der Waals surface area (Å²) in [6.07, 6.45) is 2.30. The van der Waals surface area contributed by atoms with Gasteiger partial charge in [0.2, 0.25) is 5.91 Å². The van der Waals surface area contributed by atoms with Crippen molar-refractivity contribution in [3.8, 4) is 5.75 Å². The highest BCUT2D eigenvalue weighted by Crippen LogP contribution is 2.16. The van der Waals surface area contributed by atoms with E-state index >= 15 is 0 Å². The molecule has 0 fully saturated rings. The van der Waals surface area contributed by atoms with E-state index in [4.69, 9.17) is 4.74 Å². The lowest BCUT2D eigenvalue weighted by atomic mass is 10.2. The highest BCUT2D eigenvalue weighted by Gasteiger charge is 2.32. The van der Waals surface area contributed by atoms with Gasteiger partial charge in [0.15, 0.2) is 0 Å². The molecule has 6 nitrogen and oxygen atoms in total. The van der Waals surface area contributed by atoms with E-state index < -0.39 is 23.8 Å². The van der Waals surface area contributed by atoms with Gasteiger partial charge in [0.05, 0.1) is 7.11 Å². The monoisotopic (exact) mass is 274 g/mol. The summed E-state index contributed by atoms with van der Waals surface area (Å²) in [5.74, 6) is -0.717. The number of rotatable bonds is 4. The van der Waals surface area contributed by atoms with Crippen LogP contribution in [0.3, 0.4) is 0 Å². The minimum Gasteiger partial charge on any atom is -0.497 e. The van der Waals surface area contributed by atoms with E-state index in [0.29, 0.717) is 11.4 Å². The topological polar surface area (TPSA) is 75.7 Å². The van der Waals surface area contributed by atoms with Gasteiger partial charge < -0.3 is 10.1 Å². The maximum Gasteiger partial charge on any atom is 0.254 e. The SMILES string of the molecule is COc1ccc(NC(=O)C(C)N2C(=O)C=CC2=O)cc1. The second-order valence-corrected chi connectivity index (χ2v) is 4.27. The Balaban J connectivity index is 2.04. The normalized spacial score (nSPS) is 15.4. The first-order valence-corrected chi connectivity index (χ1v) is 6.03. The van der Waals surface area contributed by atoms with Gasteiger partial charge in [-0.1, -0.05) is 0 Å². The number of hydrogen-bond acceptors (Lipinski definition) is 4. The Hall–Kier alpha value is -2.63. The van der Waals surface area contributed by atoms with Crippen LogP contribution in [0.25, 0.3) is 0 Å². The molecule has 1 heterocycles. The van der Waals surface area contributed by atoms with E-state index in [1.54, 1.807) is 31.4 Å². The fourth-order valence-electron chi connectivity index (χ4n) is 1.83. The van der Waals surface area contributed by atoms with Crippen molar-refractivity contribution in [1.82, 2.24) is 4.90 Å². The van der Waals surface area contributed by atoms with Crippen molar-refractivity contribution in [2.75, 3.05) is 12.4 Å². The summed E-state index contributed by atoms with van der Waals surface area (Å²) in [4.78, 5) is 35.9. The van der Waals surface area contributed by atoms with E-state index in [2.05, 4.69) is 5.32 Å². The smallest absolute Gasteiger partial charge is 0.254 e. The van der Waals surface area contributed by atoms with Crippen molar-refractivity contribution in [3.63, 3.8) is 0 Å². The van der Waals surface area contributed by atoms with Gasteiger partial charge in [0, 0.05) is 17.8 Å². The average molecular weight is 274 g/mol. The van der Waals surface area contributed by atoms with E-state index in [9.17, 15) is 14.4 Å². The molecular formula is C14H14N2O4. The van der Waals surface area contributed by atoms with E-state index in [-0.39, 0.29) is 0 Å². The number of hydrogen-bond donors (Lipinski definition) is 1. The fraction of sp³-hybridized carbons (Fsp3) is 0.214. The molecule has 1 aromatic carbocycles. The van der Waals surface area contributed by atoms with Gasteiger partial charge in [-0.15, -0.1) is 0 Å². The second kappa shape index (κ2) is 5.56. The molecule has 1 aromatic rings. The maximum atomic E-state index is 12.0. The van der Waals surface area contributed by atoms with Crippen molar-refractivity contribution < 1.29 is 19.1 Å². The number of carbonyl (C=O) groups excluding carboxylic acids is 3. The predicted octanol–water partition coefficient (Wildman–Crippen LogP) is 0.947. The van der Waals surface area contributed by atoms with Crippen molar-refractivity contribution in [2.45, 2.75) is 13.0 Å². The summed E-state index contributed by atoms with van der Waals surface area (Å²) in [6.45, 7) is 1.50. The molecule has 1 atom stereocenters. The van der Waals surface area contributed by atoms with E-state index in [0.717, 1.165) is 17.1 Å². The van der Waals surface area contributed by atoms with Crippen molar-refractivity contribution in [2.24, 2.45) is 0 Å². The maximum absolute atomic E-state index is 12.0. The van der Waals surface area contributed by atoms with Crippen LogP contribution in [0.1, 0.15) is 6.92 Å². The second-order valence-electron chi connectivity index (χ2n) is 4.27. The molecule has 0 saturated carbocycles. The molecule has 1 aliphatic heterocycles. The molecule has 2 rings (SSSR count). The van der Waals surface area contributed by atoms with Gasteiger partial charge >= 0.3 is 0 Å². The summed E-state index contributed by atoms with van der Waals surface area (Å²) in [5, 5.41) is 2.64. The van der Waals surface area contributed by atoms with Gasteiger partial charge in [-0.25, -0.2) is 0 Å². The zero-order valence-electron chi connectivity index (χ0n) is 11.1. The average Bonchev–Trinajstić information content (AvgIpc) is 2.78. The molecule has 0 aliphatic carbocycles. The first-order valence-electron chi connectivity index (χ1n) is 6.03. The standard InChI is InChI=1S/C14H14N2O4/c1-9(16-12(17)7-8-13(16)18)14(19)15-10-3-5-11(20-2)6-4-10/h3-9H,1-2H3,(H,15,19). The third-order valence-corrected chi connectivity index (χ3v) is 2.97. The highest BCUT2D eigenvalue weighted by molar-refractivity contribution is 6.15. The van der Waals surface area contributed by atoms with Crippen LogP contribution in [0.4, 0.5) is 5.69 Å². The van der Waals surface area contributed by atoms with Gasteiger partial charge in [0.25, 0.3) is 11.8 Å². The molecule has 0 saturated heterocycles. The zero-order valence-corrected chi connectivity index (χ0v) is 11.1. The third-order valence-electron chi connectivity index (χ3n) is 2.97. The van der Waals surface area contributed by atoms with Crippen LogP contribution in [0, 0.1) is 0 Å². The molecule has 1 N–H and O–H groups in total. The largest absolute Gasteiger partial charge is 0.497 e. The van der Waals surface area contributed by atoms with Crippen LogP contribution in [-0.2, 0) is 14.4 Å². The van der Waals surface area contributed by atoms with Crippen LogP contribution in [0.5, 0.6) is 5.75 Å². The Kier molecular flexibility index (Phi) is 3.84. The lowest BCUT2D eigenvalue weighted by Gasteiger charge is -2.21. The summed E-state index contributed by atoms with van der Waals surface area (Å²) in [7, 11) is 1.55. The zero-order chi connectivity index (χ0) is 14.7. The van der Waals surface area contributed by atoms with Crippen LogP contribution in [0.2, 0.25) is 0 Å². The fourth-order valence-corrected chi connectivity index (χ4v) is 1.83. The lowest BCUT2D eigenvalue weighted by molar-refractivity contribution is -0.143. The molecule has 6 heteroatoms. The number of anilines is 1. The van der Waals surface area contributed by atoms with Gasteiger partial charge in [-0.05, 0) is 31.2 Å². The van der Waals surface area contributed by atoms with Gasteiger partial charge in [-0.2, -0.15) is 0 Å². The summed E-state index contributed by atoms with van der Waals surface area (Å²) in [6, 6.07) is 5.89. The number of benzene rings is 1. The molecule has 104 valence electrons.